The lowest BCUT2D eigenvalue weighted by Gasteiger charge is -2.39. The van der Waals surface area contributed by atoms with Crippen molar-refractivity contribution >= 4 is 12.0 Å². The molecule has 0 aliphatic carbocycles. The first-order valence-corrected chi connectivity index (χ1v) is 7.42. The van der Waals surface area contributed by atoms with Crippen LogP contribution in [-0.4, -0.2) is 65.8 Å². The molecule has 2 aliphatic heterocycles. The first-order valence-electron chi connectivity index (χ1n) is 7.42. The Morgan fingerprint density at radius 3 is 2.80 bits per heavy atom. The van der Waals surface area contributed by atoms with Crippen LogP contribution in [-0.2, 0) is 9.53 Å². The Morgan fingerprint density at radius 2 is 2.15 bits per heavy atom. The number of rotatable bonds is 4. The molecular formula is C14H24N2O4. The van der Waals surface area contributed by atoms with Gasteiger partial charge in [0.1, 0.15) is 0 Å². The molecule has 0 radical (unpaired) electrons. The smallest absolute Gasteiger partial charge is 0.320 e. The number of piperidine rings is 1. The van der Waals surface area contributed by atoms with Crippen LogP contribution >= 0.6 is 0 Å². The molecule has 0 aromatic carbocycles. The maximum Gasteiger partial charge on any atom is 0.320 e. The maximum absolute atomic E-state index is 12.6. The fraction of sp³-hybridized carbons (Fsp3) is 0.857. The first-order chi connectivity index (χ1) is 9.59. The van der Waals surface area contributed by atoms with E-state index in [0.717, 1.165) is 32.2 Å². The van der Waals surface area contributed by atoms with Gasteiger partial charge in [0.05, 0.1) is 12.6 Å². The van der Waals surface area contributed by atoms with Gasteiger partial charge in [0.15, 0.2) is 0 Å². The third-order valence-electron chi connectivity index (χ3n) is 4.32. The Bertz CT molecular complexity index is 355. The van der Waals surface area contributed by atoms with Crippen LogP contribution in [0.3, 0.4) is 0 Å². The van der Waals surface area contributed by atoms with Crippen molar-refractivity contribution in [3.05, 3.63) is 0 Å². The van der Waals surface area contributed by atoms with Crippen LogP contribution in [0.2, 0.25) is 0 Å². The van der Waals surface area contributed by atoms with Crippen molar-refractivity contribution in [3.63, 3.8) is 0 Å². The number of carbonyl (C=O) groups excluding carboxylic acids is 1. The summed E-state index contributed by atoms with van der Waals surface area (Å²) in [4.78, 5) is 27.0. The van der Waals surface area contributed by atoms with Crippen LogP contribution in [0.15, 0.2) is 0 Å². The van der Waals surface area contributed by atoms with E-state index in [0.29, 0.717) is 19.6 Å². The number of carboxylic acids is 1. The number of nitrogens with zero attached hydrogens (tertiary/aromatic N) is 2. The first kappa shape index (κ1) is 15.1. The highest BCUT2D eigenvalue weighted by Gasteiger charge is 2.32. The van der Waals surface area contributed by atoms with Crippen LogP contribution in [0.5, 0.6) is 0 Å². The van der Waals surface area contributed by atoms with Crippen molar-refractivity contribution in [2.24, 2.45) is 0 Å². The SMILES string of the molecule is CN(C(=O)N1CCCCC1CCC(=O)O)C1CCOC1. The number of hydrogen-bond donors (Lipinski definition) is 1. The average Bonchev–Trinajstić information content (AvgIpc) is 2.98. The Hall–Kier alpha value is -1.30. The molecule has 2 atom stereocenters. The van der Waals surface area contributed by atoms with Gasteiger partial charge in [-0.15, -0.1) is 0 Å². The van der Waals surface area contributed by atoms with Crippen LogP contribution in [0.1, 0.15) is 38.5 Å². The van der Waals surface area contributed by atoms with Gasteiger partial charge in [-0.2, -0.15) is 0 Å². The van der Waals surface area contributed by atoms with Gasteiger partial charge >= 0.3 is 12.0 Å². The van der Waals surface area contributed by atoms with Crippen LogP contribution in [0.4, 0.5) is 4.79 Å². The van der Waals surface area contributed by atoms with Crippen molar-refractivity contribution in [3.8, 4) is 0 Å². The number of urea groups is 1. The Morgan fingerprint density at radius 1 is 1.35 bits per heavy atom. The van der Waals surface area contributed by atoms with Gasteiger partial charge in [-0.05, 0) is 32.1 Å². The minimum absolute atomic E-state index is 0.0237. The zero-order valence-corrected chi connectivity index (χ0v) is 12.1. The minimum atomic E-state index is -0.791. The fourth-order valence-electron chi connectivity index (χ4n) is 3.03. The van der Waals surface area contributed by atoms with Gasteiger partial charge in [-0.1, -0.05) is 0 Å². The second-order valence-corrected chi connectivity index (χ2v) is 5.69. The van der Waals surface area contributed by atoms with Crippen LogP contribution in [0.25, 0.3) is 0 Å². The molecule has 1 N–H and O–H groups in total. The molecule has 114 valence electrons. The predicted octanol–water partition coefficient (Wildman–Crippen LogP) is 1.55. The summed E-state index contributed by atoms with van der Waals surface area (Å²) in [7, 11) is 1.82. The van der Waals surface area contributed by atoms with E-state index in [1.165, 1.54) is 0 Å². The largest absolute Gasteiger partial charge is 0.481 e. The third kappa shape index (κ3) is 3.62. The Kier molecular flexibility index (Phi) is 5.23. The van der Waals surface area contributed by atoms with Gasteiger partial charge in [0.25, 0.3) is 0 Å². The number of carboxylic acid groups (broad SMARTS) is 1. The molecule has 2 aliphatic rings. The van der Waals surface area contributed by atoms with Crippen molar-refractivity contribution in [1.82, 2.24) is 9.80 Å². The zero-order chi connectivity index (χ0) is 14.5. The molecule has 0 bridgehead atoms. The minimum Gasteiger partial charge on any atom is -0.481 e. The molecular weight excluding hydrogens is 260 g/mol. The van der Waals surface area contributed by atoms with Crippen molar-refractivity contribution in [1.29, 1.82) is 0 Å². The van der Waals surface area contributed by atoms with Crippen molar-refractivity contribution in [2.75, 3.05) is 26.8 Å². The monoisotopic (exact) mass is 284 g/mol. The van der Waals surface area contributed by atoms with E-state index in [1.807, 2.05) is 11.9 Å². The molecule has 2 fully saturated rings. The van der Waals surface area contributed by atoms with E-state index < -0.39 is 5.97 Å². The molecule has 0 aromatic heterocycles. The van der Waals surface area contributed by atoms with Gasteiger partial charge in [0.2, 0.25) is 0 Å². The topological polar surface area (TPSA) is 70.1 Å². The lowest BCUT2D eigenvalue weighted by atomic mass is 9.98. The highest BCUT2D eigenvalue weighted by Crippen LogP contribution is 2.23. The van der Waals surface area contributed by atoms with E-state index in [1.54, 1.807) is 4.90 Å². The third-order valence-corrected chi connectivity index (χ3v) is 4.32. The average molecular weight is 284 g/mol. The van der Waals surface area contributed by atoms with E-state index in [9.17, 15) is 9.59 Å². The summed E-state index contributed by atoms with van der Waals surface area (Å²) in [6, 6.07) is 0.247. The Labute approximate surface area is 119 Å². The highest BCUT2D eigenvalue weighted by atomic mass is 16.5. The van der Waals surface area contributed by atoms with Gasteiger partial charge in [-0.3, -0.25) is 4.79 Å². The number of amides is 2. The molecule has 2 saturated heterocycles. The second-order valence-electron chi connectivity index (χ2n) is 5.69. The maximum atomic E-state index is 12.6. The fourth-order valence-corrected chi connectivity index (χ4v) is 3.03. The number of ether oxygens (including phenoxy) is 1. The Balaban J connectivity index is 1.95. The number of aliphatic carboxylic acids is 1. The summed E-state index contributed by atoms with van der Waals surface area (Å²) in [6.07, 6.45) is 4.55. The molecule has 0 saturated carbocycles. The molecule has 2 rings (SSSR count). The molecule has 20 heavy (non-hydrogen) atoms. The molecule has 0 spiro atoms. The van der Waals surface area contributed by atoms with Gasteiger partial charge in [0, 0.05) is 32.7 Å². The number of likely N-dealkylation sites (tertiary alicyclic amines) is 1. The summed E-state index contributed by atoms with van der Waals surface area (Å²) in [5, 5.41) is 8.82. The molecule has 2 heterocycles. The lowest BCUT2D eigenvalue weighted by Crippen LogP contribution is -2.52. The summed E-state index contributed by atoms with van der Waals surface area (Å²) >= 11 is 0. The van der Waals surface area contributed by atoms with E-state index in [2.05, 4.69) is 0 Å². The molecule has 6 nitrogen and oxygen atoms in total. The summed E-state index contributed by atoms with van der Waals surface area (Å²) in [5.41, 5.74) is 0. The second kappa shape index (κ2) is 6.92. The summed E-state index contributed by atoms with van der Waals surface area (Å²) < 4.78 is 5.33. The highest BCUT2D eigenvalue weighted by molar-refractivity contribution is 5.75. The molecule has 0 aromatic rings. The standard InChI is InChI=1S/C14H24N2O4/c1-15(12-7-9-20-10-12)14(19)16-8-3-2-4-11(16)5-6-13(17)18/h11-12H,2-10H2,1H3,(H,17,18). The van der Waals surface area contributed by atoms with E-state index >= 15 is 0 Å². The van der Waals surface area contributed by atoms with Crippen molar-refractivity contribution in [2.45, 2.75) is 50.6 Å². The molecule has 6 heteroatoms. The quantitative estimate of drug-likeness (QED) is 0.850. The van der Waals surface area contributed by atoms with Crippen molar-refractivity contribution < 1.29 is 19.4 Å². The van der Waals surface area contributed by atoms with Crippen LogP contribution in [0, 0.1) is 0 Å². The lowest BCUT2D eigenvalue weighted by molar-refractivity contribution is -0.137. The number of carbonyl (C=O) groups is 2. The van der Waals surface area contributed by atoms with E-state index in [-0.39, 0.29) is 24.5 Å². The van der Waals surface area contributed by atoms with Gasteiger partial charge in [-0.25, -0.2) is 4.79 Å². The predicted molar refractivity (Wildman–Crippen MR) is 73.6 cm³/mol. The number of likely N-dealkylation sites (N-methyl/N-ethyl adjacent to an activating group) is 1. The number of hydrogen-bond acceptors (Lipinski definition) is 3. The molecule has 2 amide bonds. The summed E-state index contributed by atoms with van der Waals surface area (Å²) in [6.45, 7) is 2.06. The van der Waals surface area contributed by atoms with Crippen LogP contribution < -0.4 is 0 Å². The molecule has 2 unspecified atom stereocenters. The normalized spacial score (nSPS) is 26.6. The summed E-state index contributed by atoms with van der Waals surface area (Å²) in [5.74, 6) is -0.791. The zero-order valence-electron chi connectivity index (χ0n) is 12.1. The van der Waals surface area contributed by atoms with Gasteiger partial charge < -0.3 is 19.6 Å². The van der Waals surface area contributed by atoms with E-state index in [4.69, 9.17) is 9.84 Å².